The Bertz CT molecular complexity index is 500. The highest BCUT2D eigenvalue weighted by atomic mass is 16.5. The average molecular weight is 290 g/mol. The fourth-order valence-electron chi connectivity index (χ4n) is 1.95. The van der Waals surface area contributed by atoms with Crippen molar-refractivity contribution in [2.45, 2.75) is 19.9 Å². The molecule has 1 aromatic carbocycles. The Morgan fingerprint density at radius 1 is 1.38 bits per heavy atom. The Labute approximate surface area is 125 Å². The van der Waals surface area contributed by atoms with E-state index in [4.69, 9.17) is 4.74 Å². The third-order valence-corrected chi connectivity index (χ3v) is 2.97. The summed E-state index contributed by atoms with van der Waals surface area (Å²) >= 11 is 0. The maximum absolute atomic E-state index is 12.2. The van der Waals surface area contributed by atoms with Crippen molar-refractivity contribution in [1.82, 2.24) is 10.2 Å². The van der Waals surface area contributed by atoms with Crippen LogP contribution in [0.4, 0.5) is 0 Å². The molecule has 5 heteroatoms. The quantitative estimate of drug-likeness (QED) is 0.742. The molecule has 21 heavy (non-hydrogen) atoms. The molecule has 0 aromatic heterocycles. The normalized spacial score (nSPS) is 9.81. The van der Waals surface area contributed by atoms with Gasteiger partial charge in [-0.25, -0.2) is 0 Å². The molecule has 0 saturated heterocycles. The van der Waals surface area contributed by atoms with Crippen LogP contribution in [0.15, 0.2) is 36.9 Å². The third kappa shape index (κ3) is 5.69. The fraction of sp³-hybridized carbons (Fsp3) is 0.375. The molecule has 1 aromatic rings. The van der Waals surface area contributed by atoms with Crippen LogP contribution in [-0.2, 0) is 16.1 Å². The molecule has 0 aliphatic heterocycles. The summed E-state index contributed by atoms with van der Waals surface area (Å²) in [6.45, 7) is 6.36. The first kappa shape index (κ1) is 16.8. The van der Waals surface area contributed by atoms with Gasteiger partial charge in [0.25, 0.3) is 0 Å². The summed E-state index contributed by atoms with van der Waals surface area (Å²) in [6.07, 6.45) is 1.95. The second-order valence-electron chi connectivity index (χ2n) is 4.61. The maximum atomic E-state index is 12.2. The van der Waals surface area contributed by atoms with E-state index in [1.165, 1.54) is 6.92 Å². The van der Waals surface area contributed by atoms with Crippen LogP contribution < -0.4 is 10.1 Å². The lowest BCUT2D eigenvalue weighted by Crippen LogP contribution is -2.34. The fourth-order valence-corrected chi connectivity index (χ4v) is 1.95. The molecule has 0 bridgehead atoms. The van der Waals surface area contributed by atoms with E-state index in [9.17, 15) is 9.59 Å². The molecule has 0 aliphatic carbocycles. The summed E-state index contributed by atoms with van der Waals surface area (Å²) in [5, 5.41) is 2.62. The minimum absolute atomic E-state index is 0.0328. The summed E-state index contributed by atoms with van der Waals surface area (Å²) in [7, 11) is 1.61. The number of methoxy groups -OCH3 is 1. The van der Waals surface area contributed by atoms with Crippen LogP contribution in [0.5, 0.6) is 5.75 Å². The second-order valence-corrected chi connectivity index (χ2v) is 4.61. The van der Waals surface area contributed by atoms with Crippen molar-refractivity contribution < 1.29 is 14.3 Å². The SMILES string of the molecule is C=CCN(Cc1ccccc1OC)C(=O)CCNC(C)=O. The first-order valence-corrected chi connectivity index (χ1v) is 6.83. The van der Waals surface area contributed by atoms with Gasteiger partial charge in [0.15, 0.2) is 0 Å². The van der Waals surface area contributed by atoms with Gasteiger partial charge in [-0.1, -0.05) is 24.3 Å². The molecule has 0 saturated carbocycles. The molecule has 0 atom stereocenters. The van der Waals surface area contributed by atoms with E-state index in [0.717, 1.165) is 11.3 Å². The lowest BCUT2D eigenvalue weighted by Gasteiger charge is -2.22. The Balaban J connectivity index is 2.70. The maximum Gasteiger partial charge on any atom is 0.224 e. The molecule has 1 N–H and O–H groups in total. The van der Waals surface area contributed by atoms with Gasteiger partial charge in [0.2, 0.25) is 11.8 Å². The smallest absolute Gasteiger partial charge is 0.224 e. The minimum atomic E-state index is -0.136. The standard InChI is InChI=1S/C16H22N2O3/c1-4-11-18(16(20)9-10-17-13(2)19)12-14-7-5-6-8-15(14)21-3/h4-8H,1,9-12H2,2-3H3,(H,17,19). The summed E-state index contributed by atoms with van der Waals surface area (Å²) in [4.78, 5) is 24.7. The molecule has 0 radical (unpaired) electrons. The summed E-state index contributed by atoms with van der Waals surface area (Å²) in [6, 6.07) is 7.59. The largest absolute Gasteiger partial charge is 0.496 e. The van der Waals surface area contributed by atoms with Crippen molar-refractivity contribution in [3.05, 3.63) is 42.5 Å². The number of nitrogens with zero attached hydrogens (tertiary/aromatic N) is 1. The lowest BCUT2D eigenvalue weighted by molar-refractivity contribution is -0.131. The third-order valence-electron chi connectivity index (χ3n) is 2.97. The van der Waals surface area contributed by atoms with Gasteiger partial charge in [0.05, 0.1) is 7.11 Å². The number of para-hydroxylation sites is 1. The van der Waals surface area contributed by atoms with Crippen molar-refractivity contribution >= 4 is 11.8 Å². The van der Waals surface area contributed by atoms with E-state index in [0.29, 0.717) is 19.6 Å². The summed E-state index contributed by atoms with van der Waals surface area (Å²) in [5.41, 5.74) is 0.940. The zero-order chi connectivity index (χ0) is 15.7. The van der Waals surface area contributed by atoms with Crippen molar-refractivity contribution in [1.29, 1.82) is 0 Å². The predicted molar refractivity (Wildman–Crippen MR) is 81.9 cm³/mol. The second kappa shape index (κ2) is 8.79. The van der Waals surface area contributed by atoms with Crippen molar-refractivity contribution in [2.75, 3.05) is 20.2 Å². The van der Waals surface area contributed by atoms with Crippen LogP contribution in [0.25, 0.3) is 0 Å². The number of carbonyl (C=O) groups excluding carboxylic acids is 2. The monoisotopic (exact) mass is 290 g/mol. The van der Waals surface area contributed by atoms with Gasteiger partial charge >= 0.3 is 0 Å². The Hall–Kier alpha value is -2.30. The summed E-state index contributed by atoms with van der Waals surface area (Å²) < 4.78 is 5.30. The number of ether oxygens (including phenoxy) is 1. The zero-order valence-electron chi connectivity index (χ0n) is 12.6. The van der Waals surface area contributed by atoms with Gasteiger partial charge in [-0.15, -0.1) is 6.58 Å². The Morgan fingerprint density at radius 2 is 2.10 bits per heavy atom. The first-order chi connectivity index (χ1) is 10.1. The number of hydrogen-bond acceptors (Lipinski definition) is 3. The van der Waals surface area contributed by atoms with Crippen LogP contribution in [0.3, 0.4) is 0 Å². The highest BCUT2D eigenvalue weighted by Gasteiger charge is 2.14. The minimum Gasteiger partial charge on any atom is -0.496 e. The van der Waals surface area contributed by atoms with Gasteiger partial charge in [0.1, 0.15) is 5.75 Å². The van der Waals surface area contributed by atoms with E-state index < -0.39 is 0 Å². The molecule has 0 fully saturated rings. The molecular weight excluding hydrogens is 268 g/mol. The topological polar surface area (TPSA) is 58.6 Å². The number of hydrogen-bond donors (Lipinski definition) is 1. The highest BCUT2D eigenvalue weighted by molar-refractivity contribution is 5.78. The van der Waals surface area contributed by atoms with Crippen molar-refractivity contribution in [3.8, 4) is 5.75 Å². The number of carbonyl (C=O) groups is 2. The van der Waals surface area contributed by atoms with Crippen LogP contribution in [-0.4, -0.2) is 36.9 Å². The van der Waals surface area contributed by atoms with Gasteiger partial charge in [0, 0.05) is 38.5 Å². The Kier molecular flexibility index (Phi) is 7.01. The molecule has 0 unspecified atom stereocenters. The lowest BCUT2D eigenvalue weighted by atomic mass is 10.1. The summed E-state index contributed by atoms with van der Waals surface area (Å²) in [5.74, 6) is 0.582. The van der Waals surface area contributed by atoms with Gasteiger partial charge in [-0.05, 0) is 6.07 Å². The van der Waals surface area contributed by atoms with Crippen LogP contribution in [0, 0.1) is 0 Å². The predicted octanol–water partition coefficient (Wildman–Crippen LogP) is 1.74. The van der Waals surface area contributed by atoms with E-state index >= 15 is 0 Å². The van der Waals surface area contributed by atoms with Gasteiger partial charge in [-0.2, -0.15) is 0 Å². The zero-order valence-corrected chi connectivity index (χ0v) is 12.6. The molecule has 0 aliphatic rings. The van der Waals surface area contributed by atoms with E-state index in [1.54, 1.807) is 18.1 Å². The van der Waals surface area contributed by atoms with Crippen molar-refractivity contribution in [2.24, 2.45) is 0 Å². The number of rotatable bonds is 8. The van der Waals surface area contributed by atoms with Crippen molar-refractivity contribution in [3.63, 3.8) is 0 Å². The molecule has 0 spiro atoms. The molecular formula is C16H22N2O3. The van der Waals surface area contributed by atoms with Crippen LogP contribution in [0.1, 0.15) is 18.9 Å². The van der Waals surface area contributed by atoms with Gasteiger partial charge in [-0.3, -0.25) is 9.59 Å². The molecule has 2 amide bonds. The molecule has 5 nitrogen and oxygen atoms in total. The van der Waals surface area contributed by atoms with E-state index in [2.05, 4.69) is 11.9 Å². The van der Waals surface area contributed by atoms with Crippen LogP contribution >= 0.6 is 0 Å². The highest BCUT2D eigenvalue weighted by Crippen LogP contribution is 2.19. The first-order valence-electron chi connectivity index (χ1n) is 6.83. The average Bonchev–Trinajstić information content (AvgIpc) is 2.46. The van der Waals surface area contributed by atoms with E-state index in [-0.39, 0.29) is 18.2 Å². The number of amides is 2. The molecule has 114 valence electrons. The van der Waals surface area contributed by atoms with E-state index in [1.807, 2.05) is 24.3 Å². The molecule has 0 heterocycles. The van der Waals surface area contributed by atoms with Gasteiger partial charge < -0.3 is 15.0 Å². The number of nitrogens with one attached hydrogen (secondary N) is 1. The molecule has 1 rings (SSSR count). The number of benzene rings is 1. The van der Waals surface area contributed by atoms with Crippen LogP contribution in [0.2, 0.25) is 0 Å². The Morgan fingerprint density at radius 3 is 2.71 bits per heavy atom.